The highest BCUT2D eigenvalue weighted by molar-refractivity contribution is 7.98. The number of hydrogen-bond donors (Lipinski definition) is 17. The SMILES string of the molecule is CSC[C@H](NC(=O)CNC(=O)[C@H](CC(C)C)NC(=O)[C@@H]1CCCN1C(=O)COCCNC(=O)CNC(=O)[C@@H](CCC(=O)O)NC(=O)CNC(=O)[C@@H](CCC(=O)O)NC(=O)CNC(=O)[C@@H](CCC(=O)O)NC(=O)CNC(=O)[C@@H](CCC(=O)O)NC(=O)CN)C(C)=O. The lowest BCUT2D eigenvalue weighted by Gasteiger charge is -2.27. The largest absolute Gasteiger partial charge is 0.481 e. The number of carbonyl (C=O) groups excluding carboxylic acids is 14. The Morgan fingerprint density at radius 2 is 0.856 bits per heavy atom. The molecule has 1 heterocycles. The number of ether oxygens (including phenoxy) is 1. The van der Waals surface area contributed by atoms with Crippen LogP contribution < -0.4 is 69.5 Å². The Labute approximate surface area is 519 Å². The molecule has 504 valence electrons. The average Bonchev–Trinajstić information content (AvgIpc) is 2.07. The minimum atomic E-state index is -1.70. The zero-order valence-corrected chi connectivity index (χ0v) is 51.0. The van der Waals surface area contributed by atoms with Crippen molar-refractivity contribution in [2.45, 2.75) is 134 Å². The van der Waals surface area contributed by atoms with E-state index in [-0.39, 0.29) is 44.2 Å². The summed E-state index contributed by atoms with van der Waals surface area (Å²) in [4.78, 5) is 225. The van der Waals surface area contributed by atoms with Gasteiger partial charge in [-0.3, -0.25) is 86.3 Å². The van der Waals surface area contributed by atoms with Crippen molar-refractivity contribution in [2.24, 2.45) is 11.7 Å². The summed E-state index contributed by atoms with van der Waals surface area (Å²) in [6, 6.07) is -9.14. The molecule has 0 bridgehead atoms. The lowest BCUT2D eigenvalue weighted by atomic mass is 10.0. The third-order valence-corrected chi connectivity index (χ3v) is 13.3. The summed E-state index contributed by atoms with van der Waals surface area (Å²) in [6.45, 7) is -0.226. The molecule has 0 aromatic rings. The topological polar surface area (TPSA) is 571 Å². The number of thioether (sulfide) groups is 1. The van der Waals surface area contributed by atoms with Gasteiger partial charge in [-0.2, -0.15) is 11.8 Å². The molecule has 38 heteroatoms. The first-order chi connectivity index (χ1) is 42.4. The molecule has 1 fully saturated rings. The molecular formula is C52H82N14O23S. The van der Waals surface area contributed by atoms with E-state index >= 15 is 0 Å². The second-order valence-corrected chi connectivity index (χ2v) is 21.4. The minimum Gasteiger partial charge on any atom is -0.481 e. The van der Waals surface area contributed by atoms with Crippen molar-refractivity contribution < 1.29 is 111 Å². The molecule has 0 unspecified atom stereocenters. The van der Waals surface area contributed by atoms with Gasteiger partial charge in [0.05, 0.1) is 51.9 Å². The first-order valence-electron chi connectivity index (χ1n) is 28.2. The molecule has 0 spiro atoms. The van der Waals surface area contributed by atoms with E-state index in [1.54, 1.807) is 6.26 Å². The molecule has 18 N–H and O–H groups in total. The molecule has 0 saturated carbocycles. The Kier molecular flexibility index (Phi) is 37.5. The van der Waals surface area contributed by atoms with Gasteiger partial charge in [-0.15, -0.1) is 0 Å². The molecule has 90 heavy (non-hydrogen) atoms. The summed E-state index contributed by atoms with van der Waals surface area (Å²) < 4.78 is 5.41. The van der Waals surface area contributed by atoms with Gasteiger partial charge in [0.2, 0.25) is 76.8 Å². The smallest absolute Gasteiger partial charge is 0.303 e. The summed E-state index contributed by atoms with van der Waals surface area (Å²) in [6.07, 6.45) is -2.01. The number of hydrogen-bond acceptors (Lipinski definition) is 21. The minimum absolute atomic E-state index is 0.0666. The summed E-state index contributed by atoms with van der Waals surface area (Å²) >= 11 is 1.36. The number of carboxylic acids is 4. The van der Waals surface area contributed by atoms with Gasteiger partial charge < -0.3 is 99.6 Å². The highest BCUT2D eigenvalue weighted by Crippen LogP contribution is 2.19. The second-order valence-electron chi connectivity index (χ2n) is 20.5. The maximum absolute atomic E-state index is 13.4. The third kappa shape index (κ3) is 33.9. The maximum Gasteiger partial charge on any atom is 0.303 e. The van der Waals surface area contributed by atoms with Gasteiger partial charge in [0.25, 0.3) is 0 Å². The van der Waals surface area contributed by atoms with Crippen LogP contribution in [0, 0.1) is 5.92 Å². The first kappa shape index (κ1) is 78.9. The van der Waals surface area contributed by atoms with Gasteiger partial charge in [-0.25, -0.2) is 0 Å². The predicted octanol–water partition coefficient (Wildman–Crippen LogP) is -7.98. The molecule has 37 nitrogen and oxygen atoms in total. The standard InChI is InChI=1S/C52H82N14O23S/c1-27(2)18-33(51(87)59-24-41(73)64-34(26-90-4)28(3)67)65-52(88)35-6-5-16-66(35)42(74)25-89-17-15-54-37(69)20-55-48(84)30(8-12-44(77)78)61-39(71)22-57-50(86)32(10-14-46(81)82)63-40(72)23-58-49(85)31(9-13-45(79)80)62-38(70)21-56-47(83)29(7-11-43(75)76)60-36(68)19-53/h27,29-35H,5-26,53H2,1-4H3,(H,54,69)(H,55,84)(H,56,83)(H,57,86)(H,58,85)(H,59,87)(H,60,68)(H,61,71)(H,62,70)(H,63,72)(H,64,73)(H,65,88)(H,75,76)(H,77,78)(H,79,80)(H,81,82)/t29-,30-,31-,32-,33+,34+,35+/m1/s1. The van der Waals surface area contributed by atoms with Crippen LogP contribution in [-0.4, -0.2) is 252 Å². The number of amides is 13. The van der Waals surface area contributed by atoms with Gasteiger partial charge in [-0.05, 0) is 64.0 Å². The highest BCUT2D eigenvalue weighted by Gasteiger charge is 2.37. The summed E-state index contributed by atoms with van der Waals surface area (Å²) in [7, 11) is 0. The van der Waals surface area contributed by atoms with Gasteiger partial charge in [0.1, 0.15) is 42.9 Å². The fourth-order valence-electron chi connectivity index (χ4n) is 8.14. The molecule has 0 aromatic carbocycles. The summed E-state index contributed by atoms with van der Waals surface area (Å²) in [5.74, 6) is -17.2. The number of ketones is 1. The van der Waals surface area contributed by atoms with Crippen molar-refractivity contribution in [1.82, 2.24) is 68.7 Å². The van der Waals surface area contributed by atoms with Crippen molar-refractivity contribution in [2.75, 3.05) is 77.6 Å². The summed E-state index contributed by atoms with van der Waals surface area (Å²) in [5.41, 5.74) is 5.23. The van der Waals surface area contributed by atoms with Crippen LogP contribution in [0.3, 0.4) is 0 Å². The monoisotopic (exact) mass is 1300 g/mol. The zero-order chi connectivity index (χ0) is 68.0. The van der Waals surface area contributed by atoms with E-state index in [1.165, 1.54) is 23.6 Å². The number of carboxylic acid groups (broad SMARTS) is 4. The van der Waals surface area contributed by atoms with E-state index < -0.39 is 240 Å². The van der Waals surface area contributed by atoms with Crippen LogP contribution in [0.5, 0.6) is 0 Å². The van der Waals surface area contributed by atoms with E-state index in [2.05, 4.69) is 63.8 Å². The molecule has 0 aliphatic carbocycles. The van der Waals surface area contributed by atoms with E-state index in [0.29, 0.717) is 12.2 Å². The van der Waals surface area contributed by atoms with Crippen molar-refractivity contribution in [3.8, 4) is 0 Å². The van der Waals surface area contributed by atoms with Crippen molar-refractivity contribution in [3.63, 3.8) is 0 Å². The van der Waals surface area contributed by atoms with Gasteiger partial charge in [0.15, 0.2) is 5.78 Å². The van der Waals surface area contributed by atoms with Gasteiger partial charge >= 0.3 is 23.9 Å². The number of rotatable bonds is 45. The van der Waals surface area contributed by atoms with Crippen LogP contribution in [0.1, 0.15) is 91.4 Å². The fraction of sp³-hybridized carbons (Fsp3) is 0.654. The Morgan fingerprint density at radius 3 is 1.20 bits per heavy atom. The third-order valence-electron chi connectivity index (χ3n) is 12.7. The van der Waals surface area contributed by atoms with Gasteiger partial charge in [-0.1, -0.05) is 13.8 Å². The molecule has 7 atom stereocenters. The Morgan fingerprint density at radius 1 is 0.500 bits per heavy atom. The average molecular weight is 1300 g/mol. The van der Waals surface area contributed by atoms with E-state index in [1.807, 2.05) is 13.8 Å². The molecule has 1 aliphatic heterocycles. The molecule has 13 amide bonds. The summed E-state index contributed by atoms with van der Waals surface area (Å²) in [5, 5.41) is 64.1. The number of nitrogens with two attached hydrogens (primary N) is 1. The maximum atomic E-state index is 13.4. The van der Waals surface area contributed by atoms with Crippen molar-refractivity contribution >= 4 is 118 Å². The highest BCUT2D eigenvalue weighted by atomic mass is 32.2. The Bertz CT molecular complexity index is 2590. The number of likely N-dealkylation sites (tertiary alicyclic amines) is 1. The van der Waals surface area contributed by atoms with Crippen LogP contribution >= 0.6 is 11.8 Å². The molecule has 0 radical (unpaired) electrons. The number of Topliss-reactive ketones (excluding diaryl/α,β-unsaturated/α-hetero) is 1. The van der Waals surface area contributed by atoms with Crippen LogP contribution in [0.15, 0.2) is 0 Å². The van der Waals surface area contributed by atoms with E-state index in [4.69, 9.17) is 15.6 Å². The molecule has 0 aromatic heterocycles. The van der Waals surface area contributed by atoms with Crippen LogP contribution in [0.25, 0.3) is 0 Å². The Balaban J connectivity index is 2.80. The van der Waals surface area contributed by atoms with Crippen molar-refractivity contribution in [1.29, 1.82) is 0 Å². The van der Waals surface area contributed by atoms with Crippen LogP contribution in [-0.2, 0) is 91.0 Å². The lowest BCUT2D eigenvalue weighted by Crippen LogP contribution is -2.55. The second kappa shape index (κ2) is 42.7. The number of carbonyl (C=O) groups is 18. The van der Waals surface area contributed by atoms with Crippen LogP contribution in [0.2, 0.25) is 0 Å². The van der Waals surface area contributed by atoms with E-state index in [0.717, 1.165) is 0 Å². The first-order valence-corrected chi connectivity index (χ1v) is 29.6. The van der Waals surface area contributed by atoms with Crippen LogP contribution in [0.4, 0.5) is 0 Å². The predicted molar refractivity (Wildman–Crippen MR) is 310 cm³/mol. The molecule has 1 aliphatic rings. The normalized spacial score (nSPS) is 14.4. The molecule has 1 saturated heterocycles. The van der Waals surface area contributed by atoms with E-state index in [9.17, 15) is 102 Å². The zero-order valence-electron chi connectivity index (χ0n) is 50.2. The molecular weight excluding hydrogens is 1220 g/mol. The lowest BCUT2D eigenvalue weighted by molar-refractivity contribution is -0.142. The number of nitrogens with zero attached hydrogens (tertiary/aromatic N) is 1. The Hall–Kier alpha value is -9.07. The van der Waals surface area contributed by atoms with Crippen molar-refractivity contribution in [3.05, 3.63) is 0 Å². The quantitative estimate of drug-likeness (QED) is 0.0252. The van der Waals surface area contributed by atoms with Gasteiger partial charge in [0, 0.05) is 44.5 Å². The number of aliphatic carboxylic acids is 4. The molecule has 1 rings (SSSR count). The number of nitrogens with one attached hydrogen (secondary N) is 12. The fourth-order valence-corrected chi connectivity index (χ4v) is 8.79.